The van der Waals surface area contributed by atoms with E-state index in [4.69, 9.17) is 4.74 Å². The van der Waals surface area contributed by atoms with Crippen LogP contribution in [0.2, 0.25) is 0 Å². The van der Waals surface area contributed by atoms with Gasteiger partial charge < -0.3 is 15.2 Å². The maximum absolute atomic E-state index is 11.6. The monoisotopic (exact) mass is 299 g/mol. The molecule has 2 aromatic rings. The molecule has 0 heterocycles. The van der Waals surface area contributed by atoms with Gasteiger partial charge in [-0.05, 0) is 35.9 Å². The number of amides is 1. The molecule has 3 N–H and O–H groups in total. The number of benzene rings is 2. The normalized spacial score (nSPS) is 10.4. The number of rotatable bonds is 6. The first-order chi connectivity index (χ1) is 10.7. The maximum Gasteiger partial charge on any atom is 0.259 e. The van der Waals surface area contributed by atoms with Crippen molar-refractivity contribution in [2.75, 3.05) is 19.0 Å². The van der Waals surface area contributed by atoms with Crippen molar-refractivity contribution in [3.8, 4) is 11.5 Å². The zero-order valence-electron chi connectivity index (χ0n) is 12.1. The molecule has 0 unspecified atom stereocenters. The Morgan fingerprint density at radius 3 is 2.77 bits per heavy atom. The van der Waals surface area contributed by atoms with Crippen LogP contribution in [0.5, 0.6) is 11.5 Å². The van der Waals surface area contributed by atoms with Crippen molar-refractivity contribution < 1.29 is 14.6 Å². The topological polar surface area (TPSA) is 83.0 Å². The molecule has 0 spiro atoms. The second kappa shape index (κ2) is 7.68. The molecule has 1 amide bonds. The fourth-order valence-corrected chi connectivity index (χ4v) is 1.73. The van der Waals surface area contributed by atoms with E-state index in [-0.39, 0.29) is 18.2 Å². The Morgan fingerprint density at radius 1 is 1.27 bits per heavy atom. The molecule has 0 aliphatic carbocycles. The van der Waals surface area contributed by atoms with Crippen molar-refractivity contribution in [2.45, 2.75) is 0 Å². The average Bonchev–Trinajstić information content (AvgIpc) is 2.55. The SMILES string of the molecule is COc1cc(C=NNC(=O)CNc2ccccc2)ccc1O. The summed E-state index contributed by atoms with van der Waals surface area (Å²) in [5.74, 6) is 0.141. The first-order valence-electron chi connectivity index (χ1n) is 6.67. The number of hydrogen-bond donors (Lipinski definition) is 3. The fraction of sp³-hybridized carbons (Fsp3) is 0.125. The number of methoxy groups -OCH3 is 1. The van der Waals surface area contributed by atoms with E-state index in [2.05, 4.69) is 15.8 Å². The Bertz CT molecular complexity index is 657. The number of phenols is 1. The lowest BCUT2D eigenvalue weighted by atomic mass is 10.2. The standard InChI is InChI=1S/C16H17N3O3/c1-22-15-9-12(7-8-14(15)20)10-18-19-16(21)11-17-13-5-3-2-4-6-13/h2-10,17,20H,11H2,1H3,(H,19,21). The molecule has 6 nitrogen and oxygen atoms in total. The molecule has 0 saturated carbocycles. The Morgan fingerprint density at radius 2 is 2.05 bits per heavy atom. The number of para-hydroxylation sites is 1. The summed E-state index contributed by atoms with van der Waals surface area (Å²) in [7, 11) is 1.47. The highest BCUT2D eigenvalue weighted by Crippen LogP contribution is 2.25. The van der Waals surface area contributed by atoms with Crippen molar-refractivity contribution in [3.63, 3.8) is 0 Å². The lowest BCUT2D eigenvalue weighted by Gasteiger charge is -2.05. The van der Waals surface area contributed by atoms with E-state index in [0.717, 1.165) is 5.69 Å². The minimum atomic E-state index is -0.258. The fourth-order valence-electron chi connectivity index (χ4n) is 1.73. The Hall–Kier alpha value is -3.02. The van der Waals surface area contributed by atoms with Gasteiger partial charge in [0, 0.05) is 5.69 Å². The van der Waals surface area contributed by atoms with Gasteiger partial charge in [0.2, 0.25) is 0 Å². The van der Waals surface area contributed by atoms with Crippen molar-refractivity contribution in [3.05, 3.63) is 54.1 Å². The highest BCUT2D eigenvalue weighted by Gasteiger charge is 2.01. The van der Waals surface area contributed by atoms with Crippen LogP contribution in [-0.2, 0) is 4.79 Å². The average molecular weight is 299 g/mol. The number of hydrazone groups is 1. The summed E-state index contributed by atoms with van der Waals surface area (Å²) in [6.07, 6.45) is 1.47. The molecule has 0 atom stereocenters. The maximum atomic E-state index is 11.6. The Balaban J connectivity index is 1.83. The second-order valence-corrected chi connectivity index (χ2v) is 4.44. The number of carbonyl (C=O) groups is 1. The van der Waals surface area contributed by atoms with Crippen molar-refractivity contribution in [2.24, 2.45) is 5.10 Å². The van der Waals surface area contributed by atoms with Gasteiger partial charge in [0.05, 0.1) is 19.9 Å². The van der Waals surface area contributed by atoms with E-state index in [1.807, 2.05) is 30.3 Å². The molecule has 0 radical (unpaired) electrons. The summed E-state index contributed by atoms with van der Waals surface area (Å²) >= 11 is 0. The smallest absolute Gasteiger partial charge is 0.259 e. The van der Waals surface area contributed by atoms with Crippen LogP contribution in [-0.4, -0.2) is 30.9 Å². The van der Waals surface area contributed by atoms with Crippen LogP contribution in [0.25, 0.3) is 0 Å². The third kappa shape index (κ3) is 4.52. The van der Waals surface area contributed by atoms with Gasteiger partial charge in [0.15, 0.2) is 11.5 Å². The zero-order valence-corrected chi connectivity index (χ0v) is 12.1. The van der Waals surface area contributed by atoms with Crippen LogP contribution < -0.4 is 15.5 Å². The van der Waals surface area contributed by atoms with Gasteiger partial charge in [-0.3, -0.25) is 4.79 Å². The van der Waals surface area contributed by atoms with Crippen LogP contribution in [0, 0.1) is 0 Å². The van der Waals surface area contributed by atoms with Gasteiger partial charge >= 0.3 is 0 Å². The molecule has 6 heteroatoms. The predicted molar refractivity (Wildman–Crippen MR) is 85.3 cm³/mol. The second-order valence-electron chi connectivity index (χ2n) is 4.44. The quantitative estimate of drug-likeness (QED) is 0.562. The molecule has 22 heavy (non-hydrogen) atoms. The van der Waals surface area contributed by atoms with E-state index >= 15 is 0 Å². The minimum Gasteiger partial charge on any atom is -0.504 e. The summed E-state index contributed by atoms with van der Waals surface area (Å²) < 4.78 is 4.99. The lowest BCUT2D eigenvalue weighted by Crippen LogP contribution is -2.25. The molecule has 0 saturated heterocycles. The van der Waals surface area contributed by atoms with Gasteiger partial charge in [-0.1, -0.05) is 18.2 Å². The summed E-state index contributed by atoms with van der Waals surface area (Å²) in [6.45, 7) is 0.125. The zero-order chi connectivity index (χ0) is 15.8. The van der Waals surface area contributed by atoms with E-state index in [1.165, 1.54) is 19.4 Å². The van der Waals surface area contributed by atoms with Crippen molar-refractivity contribution in [1.82, 2.24) is 5.43 Å². The highest BCUT2D eigenvalue weighted by atomic mass is 16.5. The van der Waals surface area contributed by atoms with E-state index in [1.54, 1.807) is 12.1 Å². The molecule has 0 fully saturated rings. The summed E-state index contributed by atoms with van der Waals surface area (Å²) in [4.78, 5) is 11.6. The van der Waals surface area contributed by atoms with E-state index in [0.29, 0.717) is 11.3 Å². The highest BCUT2D eigenvalue weighted by molar-refractivity contribution is 5.84. The van der Waals surface area contributed by atoms with E-state index in [9.17, 15) is 9.90 Å². The van der Waals surface area contributed by atoms with Crippen LogP contribution in [0.3, 0.4) is 0 Å². The molecule has 2 aromatic carbocycles. The minimum absolute atomic E-state index is 0.0516. The molecule has 0 aromatic heterocycles. The first kappa shape index (κ1) is 15.4. The number of phenolic OH excluding ortho intramolecular Hbond substituents is 1. The van der Waals surface area contributed by atoms with Crippen molar-refractivity contribution in [1.29, 1.82) is 0 Å². The van der Waals surface area contributed by atoms with Gasteiger partial charge in [0.25, 0.3) is 5.91 Å². The summed E-state index contributed by atoms with van der Waals surface area (Å²) in [5, 5.41) is 16.3. The predicted octanol–water partition coefficient (Wildman–Crippen LogP) is 1.96. The number of hydrogen-bond acceptors (Lipinski definition) is 5. The molecule has 114 valence electrons. The van der Waals surface area contributed by atoms with Gasteiger partial charge in [0.1, 0.15) is 0 Å². The Labute approximate surface area is 128 Å². The third-order valence-corrected chi connectivity index (χ3v) is 2.83. The third-order valence-electron chi connectivity index (χ3n) is 2.83. The lowest BCUT2D eigenvalue weighted by molar-refractivity contribution is -0.119. The van der Waals surface area contributed by atoms with Crippen LogP contribution >= 0.6 is 0 Å². The van der Waals surface area contributed by atoms with Crippen LogP contribution in [0.1, 0.15) is 5.56 Å². The van der Waals surface area contributed by atoms with Crippen LogP contribution in [0.15, 0.2) is 53.6 Å². The molecule has 0 aliphatic rings. The van der Waals surface area contributed by atoms with E-state index < -0.39 is 0 Å². The van der Waals surface area contributed by atoms with Gasteiger partial charge in [-0.15, -0.1) is 0 Å². The van der Waals surface area contributed by atoms with Crippen LogP contribution in [0.4, 0.5) is 5.69 Å². The Kier molecular flexibility index (Phi) is 5.37. The number of aromatic hydroxyl groups is 1. The molecule has 0 bridgehead atoms. The molecular formula is C16H17N3O3. The molecule has 2 rings (SSSR count). The molecular weight excluding hydrogens is 282 g/mol. The number of nitrogens with one attached hydrogen (secondary N) is 2. The number of anilines is 1. The van der Waals surface area contributed by atoms with Crippen molar-refractivity contribution >= 4 is 17.8 Å². The number of carbonyl (C=O) groups excluding carboxylic acids is 1. The number of ether oxygens (including phenoxy) is 1. The van der Waals surface area contributed by atoms with Gasteiger partial charge in [-0.2, -0.15) is 5.10 Å². The molecule has 0 aliphatic heterocycles. The van der Waals surface area contributed by atoms with Gasteiger partial charge in [-0.25, -0.2) is 5.43 Å². The largest absolute Gasteiger partial charge is 0.504 e. The summed E-state index contributed by atoms with van der Waals surface area (Å²) in [5.41, 5.74) is 3.98. The summed E-state index contributed by atoms with van der Waals surface area (Å²) in [6, 6.07) is 14.2. The number of nitrogens with zero attached hydrogens (tertiary/aromatic N) is 1. The first-order valence-corrected chi connectivity index (χ1v) is 6.67.